The van der Waals surface area contributed by atoms with E-state index in [2.05, 4.69) is 15.9 Å². The Morgan fingerprint density at radius 1 is 1.05 bits per heavy atom. The predicted molar refractivity (Wildman–Crippen MR) is 89.7 cm³/mol. The van der Waals surface area contributed by atoms with Gasteiger partial charge in [0.1, 0.15) is 0 Å². The molecule has 1 aliphatic heterocycles. The number of nitrogens with zero attached hydrogens (tertiary/aromatic N) is 1. The Hall–Kier alpha value is -0.820. The van der Waals surface area contributed by atoms with Gasteiger partial charge in [0.05, 0.1) is 10.3 Å². The number of rotatable bonds is 3. The van der Waals surface area contributed by atoms with Crippen molar-refractivity contribution in [2.75, 3.05) is 12.3 Å². The minimum atomic E-state index is -3.45. The molecule has 1 unspecified atom stereocenters. The maximum atomic E-state index is 12.8. The molecule has 21 heavy (non-hydrogen) atoms. The zero-order chi connectivity index (χ0) is 14.9. The van der Waals surface area contributed by atoms with E-state index in [0.29, 0.717) is 11.4 Å². The van der Waals surface area contributed by atoms with Gasteiger partial charge < -0.3 is 0 Å². The van der Waals surface area contributed by atoms with E-state index in [1.807, 2.05) is 30.3 Å². The Labute approximate surface area is 137 Å². The molecule has 0 radical (unpaired) electrons. The molecule has 0 aliphatic carbocycles. The highest BCUT2D eigenvalue weighted by atomic mass is 79.9. The summed E-state index contributed by atoms with van der Waals surface area (Å²) in [6.07, 6.45) is 0. The first-order valence-electron chi connectivity index (χ1n) is 6.53. The molecular formula is C15H14BrNO2S2. The molecule has 0 saturated carbocycles. The second-order valence-electron chi connectivity index (χ2n) is 4.70. The van der Waals surface area contributed by atoms with Gasteiger partial charge in [-0.3, -0.25) is 0 Å². The van der Waals surface area contributed by atoms with Crippen LogP contribution < -0.4 is 0 Å². The van der Waals surface area contributed by atoms with Crippen molar-refractivity contribution in [1.29, 1.82) is 0 Å². The minimum absolute atomic E-state index is 0.150. The van der Waals surface area contributed by atoms with Crippen LogP contribution in [0.15, 0.2) is 64.0 Å². The molecule has 1 fully saturated rings. The van der Waals surface area contributed by atoms with Crippen LogP contribution >= 0.6 is 27.7 Å². The van der Waals surface area contributed by atoms with Gasteiger partial charge in [0, 0.05) is 16.8 Å². The third kappa shape index (κ3) is 3.04. The number of hydrogen-bond acceptors (Lipinski definition) is 3. The summed E-state index contributed by atoms with van der Waals surface area (Å²) in [5, 5.41) is -0.150. The Morgan fingerprint density at radius 2 is 1.71 bits per heavy atom. The first kappa shape index (κ1) is 15.1. The van der Waals surface area contributed by atoms with E-state index in [1.54, 1.807) is 40.3 Å². The van der Waals surface area contributed by atoms with E-state index < -0.39 is 10.0 Å². The van der Waals surface area contributed by atoms with Crippen molar-refractivity contribution in [3.05, 3.63) is 64.6 Å². The number of thioether (sulfide) groups is 1. The Morgan fingerprint density at radius 3 is 2.38 bits per heavy atom. The Kier molecular flexibility index (Phi) is 4.40. The van der Waals surface area contributed by atoms with Crippen LogP contribution in [0, 0.1) is 0 Å². The van der Waals surface area contributed by atoms with Crippen molar-refractivity contribution >= 4 is 37.7 Å². The molecule has 6 heteroatoms. The average Bonchev–Trinajstić information content (AvgIpc) is 2.99. The molecule has 3 rings (SSSR count). The molecule has 1 saturated heterocycles. The summed E-state index contributed by atoms with van der Waals surface area (Å²) in [7, 11) is -3.45. The lowest BCUT2D eigenvalue weighted by Gasteiger charge is -2.23. The van der Waals surface area contributed by atoms with Gasteiger partial charge in [-0.15, -0.1) is 11.8 Å². The number of sulfonamides is 1. The van der Waals surface area contributed by atoms with Crippen molar-refractivity contribution in [1.82, 2.24) is 4.31 Å². The van der Waals surface area contributed by atoms with E-state index in [9.17, 15) is 8.42 Å². The quantitative estimate of drug-likeness (QED) is 0.806. The van der Waals surface area contributed by atoms with Crippen LogP contribution in [0.4, 0.5) is 0 Å². The van der Waals surface area contributed by atoms with Gasteiger partial charge in [0.2, 0.25) is 10.0 Å². The van der Waals surface area contributed by atoms with E-state index in [4.69, 9.17) is 0 Å². The lowest BCUT2D eigenvalue weighted by Crippen LogP contribution is -2.30. The number of halogens is 1. The molecule has 1 atom stereocenters. The maximum Gasteiger partial charge on any atom is 0.244 e. The smallest absolute Gasteiger partial charge is 0.207 e. The highest BCUT2D eigenvalue weighted by Gasteiger charge is 2.36. The lowest BCUT2D eigenvalue weighted by molar-refractivity contribution is 0.434. The first-order chi connectivity index (χ1) is 10.1. The van der Waals surface area contributed by atoms with Crippen molar-refractivity contribution < 1.29 is 8.42 Å². The molecule has 2 aromatic carbocycles. The van der Waals surface area contributed by atoms with Crippen molar-refractivity contribution in [3.8, 4) is 0 Å². The van der Waals surface area contributed by atoms with Crippen molar-refractivity contribution in [2.45, 2.75) is 10.3 Å². The van der Waals surface area contributed by atoms with Gasteiger partial charge >= 0.3 is 0 Å². The molecular weight excluding hydrogens is 370 g/mol. The van der Waals surface area contributed by atoms with Crippen LogP contribution in [0.5, 0.6) is 0 Å². The molecule has 1 heterocycles. The van der Waals surface area contributed by atoms with Crippen LogP contribution in [0.3, 0.4) is 0 Å². The van der Waals surface area contributed by atoms with Crippen LogP contribution in [0.2, 0.25) is 0 Å². The molecule has 3 nitrogen and oxygen atoms in total. The second kappa shape index (κ2) is 6.12. The summed E-state index contributed by atoms with van der Waals surface area (Å²) in [4.78, 5) is 0.356. The average molecular weight is 384 g/mol. The summed E-state index contributed by atoms with van der Waals surface area (Å²) < 4.78 is 28.2. The lowest BCUT2D eigenvalue weighted by atomic mass is 10.2. The third-order valence-corrected chi connectivity index (χ3v) is 7.16. The van der Waals surface area contributed by atoms with E-state index in [1.165, 1.54) is 0 Å². The fraction of sp³-hybridized carbons (Fsp3) is 0.200. The van der Waals surface area contributed by atoms with Crippen LogP contribution in [0.1, 0.15) is 10.9 Å². The highest BCUT2D eigenvalue weighted by Crippen LogP contribution is 2.41. The van der Waals surface area contributed by atoms with E-state index in [0.717, 1.165) is 15.8 Å². The fourth-order valence-electron chi connectivity index (χ4n) is 2.32. The number of hydrogen-bond donors (Lipinski definition) is 0. The SMILES string of the molecule is O=S(=O)(c1ccccc1)N1CCSC1c1ccc(Br)cc1. The van der Waals surface area contributed by atoms with Gasteiger partial charge in [0.25, 0.3) is 0 Å². The highest BCUT2D eigenvalue weighted by molar-refractivity contribution is 9.10. The summed E-state index contributed by atoms with van der Waals surface area (Å²) in [5.41, 5.74) is 1.01. The Balaban J connectivity index is 1.96. The topological polar surface area (TPSA) is 37.4 Å². The van der Waals surface area contributed by atoms with Crippen LogP contribution in [-0.4, -0.2) is 25.0 Å². The van der Waals surface area contributed by atoms with Crippen molar-refractivity contribution in [3.63, 3.8) is 0 Å². The molecule has 0 spiro atoms. The van der Waals surface area contributed by atoms with E-state index in [-0.39, 0.29) is 5.37 Å². The zero-order valence-electron chi connectivity index (χ0n) is 11.1. The maximum absolute atomic E-state index is 12.8. The van der Waals surface area contributed by atoms with Gasteiger partial charge in [-0.05, 0) is 29.8 Å². The first-order valence-corrected chi connectivity index (χ1v) is 9.81. The van der Waals surface area contributed by atoms with Gasteiger partial charge in [0.15, 0.2) is 0 Å². The van der Waals surface area contributed by atoms with Gasteiger partial charge in [-0.25, -0.2) is 8.42 Å². The predicted octanol–water partition coefficient (Wildman–Crippen LogP) is 3.89. The van der Waals surface area contributed by atoms with Crippen LogP contribution in [0.25, 0.3) is 0 Å². The monoisotopic (exact) mass is 383 g/mol. The molecule has 0 bridgehead atoms. The molecule has 0 amide bonds. The summed E-state index contributed by atoms with van der Waals surface area (Å²) >= 11 is 5.07. The molecule has 2 aromatic rings. The van der Waals surface area contributed by atoms with Crippen molar-refractivity contribution in [2.24, 2.45) is 0 Å². The van der Waals surface area contributed by atoms with Gasteiger partial charge in [-0.1, -0.05) is 46.3 Å². The zero-order valence-corrected chi connectivity index (χ0v) is 14.4. The normalized spacial score (nSPS) is 19.8. The van der Waals surface area contributed by atoms with Crippen LogP contribution in [-0.2, 0) is 10.0 Å². The molecule has 110 valence electrons. The Bertz CT molecular complexity index is 717. The third-order valence-electron chi connectivity index (χ3n) is 3.35. The van der Waals surface area contributed by atoms with E-state index >= 15 is 0 Å². The fourth-order valence-corrected chi connectivity index (χ4v) is 5.84. The molecule has 0 N–H and O–H groups in total. The standard InChI is InChI=1S/C15H14BrNO2S2/c16-13-8-6-12(7-9-13)15-17(10-11-20-15)21(18,19)14-4-2-1-3-5-14/h1-9,15H,10-11H2. The second-order valence-corrected chi connectivity index (χ2v) is 8.70. The largest absolute Gasteiger partial charge is 0.244 e. The minimum Gasteiger partial charge on any atom is -0.207 e. The molecule has 1 aliphatic rings. The van der Waals surface area contributed by atoms with Gasteiger partial charge in [-0.2, -0.15) is 4.31 Å². The molecule has 0 aromatic heterocycles. The summed E-state index contributed by atoms with van der Waals surface area (Å²) in [6.45, 7) is 0.544. The summed E-state index contributed by atoms with van der Waals surface area (Å²) in [6, 6.07) is 16.5. The summed E-state index contributed by atoms with van der Waals surface area (Å²) in [5.74, 6) is 0.812. The number of benzene rings is 2.